The predicted molar refractivity (Wildman–Crippen MR) is 130 cm³/mol. The number of hydrogen-bond donors (Lipinski definition) is 2. The van der Waals surface area contributed by atoms with E-state index in [2.05, 4.69) is 22.4 Å². The summed E-state index contributed by atoms with van der Waals surface area (Å²) >= 11 is 1.67. The highest BCUT2D eigenvalue weighted by Gasteiger charge is 2.43. The number of piperidine rings is 1. The number of aromatic nitrogens is 1. The van der Waals surface area contributed by atoms with Crippen LogP contribution in [0.2, 0.25) is 0 Å². The van der Waals surface area contributed by atoms with E-state index in [0.717, 1.165) is 48.7 Å². The first kappa shape index (κ1) is 22.5. The molecule has 0 radical (unpaired) electrons. The van der Waals surface area contributed by atoms with Gasteiger partial charge in [-0.2, -0.15) is 0 Å². The quantitative estimate of drug-likeness (QED) is 0.324. The van der Waals surface area contributed by atoms with Crippen LogP contribution in [0.25, 0.3) is 16.6 Å². The smallest absolute Gasteiger partial charge is 0.267 e. The number of ether oxygens (including phenoxy) is 1. The highest BCUT2D eigenvalue weighted by atomic mass is 32.1. The number of hydroxylamine groups is 1. The van der Waals surface area contributed by atoms with Gasteiger partial charge in [-0.05, 0) is 23.8 Å². The number of ketones is 1. The maximum absolute atomic E-state index is 13.0. The summed E-state index contributed by atoms with van der Waals surface area (Å²) in [4.78, 5) is 31.4. The lowest BCUT2D eigenvalue weighted by molar-refractivity contribution is -0.124. The molecule has 2 aliphatic heterocycles. The number of carbonyl (C=O) groups is 2. The molecule has 0 unspecified atom stereocenters. The lowest BCUT2D eigenvalue weighted by Crippen LogP contribution is -2.50. The van der Waals surface area contributed by atoms with Crippen molar-refractivity contribution in [1.29, 1.82) is 0 Å². The van der Waals surface area contributed by atoms with E-state index in [1.54, 1.807) is 41.1 Å². The average Bonchev–Trinajstić information content (AvgIpc) is 3.33. The van der Waals surface area contributed by atoms with Crippen LogP contribution in [0.15, 0.2) is 60.0 Å². The molecule has 174 valence electrons. The molecule has 7 nitrogen and oxygen atoms in total. The third-order valence-corrected chi connectivity index (χ3v) is 7.32. The molecule has 5 rings (SSSR count). The molecule has 0 aliphatic carbocycles. The summed E-state index contributed by atoms with van der Waals surface area (Å²) < 4.78 is 6.39. The molecule has 1 spiro atoms. The number of likely N-dealkylation sites (tertiary alicyclic amines) is 1. The maximum Gasteiger partial charge on any atom is 0.267 e. The minimum absolute atomic E-state index is 0.0589. The van der Waals surface area contributed by atoms with E-state index < -0.39 is 11.5 Å². The second-order valence-corrected chi connectivity index (χ2v) is 9.59. The fraction of sp³-hybridized carbons (Fsp3) is 0.269. The van der Waals surface area contributed by atoms with E-state index in [0.29, 0.717) is 23.3 Å². The average molecular weight is 476 g/mol. The zero-order valence-corrected chi connectivity index (χ0v) is 19.4. The lowest BCUT2D eigenvalue weighted by atomic mass is 9.82. The van der Waals surface area contributed by atoms with E-state index in [9.17, 15) is 9.59 Å². The minimum atomic E-state index is -0.625. The van der Waals surface area contributed by atoms with Crippen molar-refractivity contribution in [1.82, 2.24) is 15.4 Å². The van der Waals surface area contributed by atoms with Gasteiger partial charge in [0.05, 0.1) is 17.7 Å². The number of nitrogens with zero attached hydrogens (tertiary/aromatic N) is 2. The van der Waals surface area contributed by atoms with Gasteiger partial charge in [0.1, 0.15) is 16.4 Å². The Morgan fingerprint density at radius 3 is 2.76 bits per heavy atom. The number of fused-ring (bicyclic) bond motifs is 1. The first-order valence-corrected chi connectivity index (χ1v) is 12.1. The molecule has 34 heavy (non-hydrogen) atoms. The van der Waals surface area contributed by atoms with E-state index in [1.807, 2.05) is 18.2 Å². The fourth-order valence-corrected chi connectivity index (χ4v) is 5.36. The standard InChI is InChI=1S/C26H25N3O4S/c30-22-15-26(33-23-8-6-18(14-21(22)23)7-9-24(31)28-32)10-12-29(13-11-26)16-20-17-34-25(27-20)19-4-2-1-3-5-19/h1-9,14,17,32H,10-13,15-16H2,(H,28,31). The molecule has 2 aliphatic rings. The Kier molecular flexibility index (Phi) is 6.28. The topological polar surface area (TPSA) is 91.8 Å². The summed E-state index contributed by atoms with van der Waals surface area (Å²) in [5.74, 6) is 0.0315. The van der Waals surface area contributed by atoms with Crippen LogP contribution in [0.3, 0.4) is 0 Å². The molecule has 8 heteroatoms. The van der Waals surface area contributed by atoms with Gasteiger partial charge in [-0.1, -0.05) is 36.4 Å². The Labute approximate surface area is 201 Å². The Hall–Kier alpha value is -3.33. The summed E-state index contributed by atoms with van der Waals surface area (Å²) in [6, 6.07) is 15.5. The van der Waals surface area contributed by atoms with Gasteiger partial charge in [-0.3, -0.25) is 19.7 Å². The minimum Gasteiger partial charge on any atom is -0.486 e. The molecule has 1 aromatic heterocycles. The summed E-state index contributed by atoms with van der Waals surface area (Å²) in [7, 11) is 0. The first-order chi connectivity index (χ1) is 16.5. The summed E-state index contributed by atoms with van der Waals surface area (Å²) in [5, 5.41) is 11.8. The zero-order chi connectivity index (χ0) is 23.5. The molecule has 0 bridgehead atoms. The zero-order valence-electron chi connectivity index (χ0n) is 18.6. The van der Waals surface area contributed by atoms with Crippen molar-refractivity contribution < 1.29 is 19.5 Å². The van der Waals surface area contributed by atoms with Crippen LogP contribution in [0, 0.1) is 0 Å². The van der Waals surface area contributed by atoms with Gasteiger partial charge in [0.15, 0.2) is 5.78 Å². The summed E-state index contributed by atoms with van der Waals surface area (Å²) in [5.41, 5.74) is 4.53. The largest absolute Gasteiger partial charge is 0.486 e. The number of rotatable bonds is 5. The number of nitrogens with one attached hydrogen (secondary N) is 1. The van der Waals surface area contributed by atoms with Crippen molar-refractivity contribution >= 4 is 29.1 Å². The fourth-order valence-electron chi connectivity index (χ4n) is 4.54. The van der Waals surface area contributed by atoms with Crippen LogP contribution in [0.1, 0.15) is 40.9 Å². The van der Waals surface area contributed by atoms with E-state index in [1.165, 1.54) is 6.08 Å². The Bertz CT molecular complexity index is 1230. The molecule has 2 aromatic carbocycles. The molecule has 3 aromatic rings. The number of hydrogen-bond acceptors (Lipinski definition) is 7. The predicted octanol–water partition coefficient (Wildman–Crippen LogP) is 4.33. The van der Waals surface area contributed by atoms with Crippen molar-refractivity contribution in [2.45, 2.75) is 31.4 Å². The van der Waals surface area contributed by atoms with E-state index in [4.69, 9.17) is 14.9 Å². The van der Waals surface area contributed by atoms with E-state index >= 15 is 0 Å². The Balaban J connectivity index is 1.22. The highest BCUT2D eigenvalue weighted by Crippen LogP contribution is 2.40. The van der Waals surface area contributed by atoms with Crippen molar-refractivity contribution in [2.75, 3.05) is 13.1 Å². The molecule has 3 heterocycles. The molecule has 1 saturated heterocycles. The van der Waals surface area contributed by atoms with Crippen LogP contribution in [0.5, 0.6) is 5.75 Å². The van der Waals surface area contributed by atoms with Crippen LogP contribution in [-0.4, -0.2) is 45.5 Å². The third kappa shape index (κ3) is 4.79. The van der Waals surface area contributed by atoms with Gasteiger partial charge in [-0.15, -0.1) is 11.3 Å². The third-order valence-electron chi connectivity index (χ3n) is 6.38. The number of amides is 1. The number of Topliss-reactive ketones (excluding diaryl/α,β-unsaturated/α-hetero) is 1. The number of benzene rings is 2. The van der Waals surface area contributed by atoms with Crippen molar-refractivity contribution in [3.63, 3.8) is 0 Å². The molecule has 0 saturated carbocycles. The number of thiazole rings is 1. The second kappa shape index (κ2) is 9.50. The van der Waals surface area contributed by atoms with Crippen LogP contribution >= 0.6 is 11.3 Å². The summed E-state index contributed by atoms with van der Waals surface area (Å²) in [6.07, 6.45) is 4.67. The molecule has 1 fully saturated rings. The molecule has 2 N–H and O–H groups in total. The highest BCUT2D eigenvalue weighted by molar-refractivity contribution is 7.13. The van der Waals surface area contributed by atoms with Crippen molar-refractivity contribution in [3.8, 4) is 16.3 Å². The van der Waals surface area contributed by atoms with Gasteiger partial charge >= 0.3 is 0 Å². The van der Waals surface area contributed by atoms with Crippen LogP contribution in [0.4, 0.5) is 0 Å². The van der Waals surface area contributed by atoms with Gasteiger partial charge in [0.2, 0.25) is 0 Å². The van der Waals surface area contributed by atoms with E-state index in [-0.39, 0.29) is 5.78 Å². The van der Waals surface area contributed by atoms with Gasteiger partial charge in [0.25, 0.3) is 5.91 Å². The Morgan fingerprint density at radius 2 is 2.00 bits per heavy atom. The Morgan fingerprint density at radius 1 is 1.21 bits per heavy atom. The molecule has 0 atom stereocenters. The molecule has 1 amide bonds. The van der Waals surface area contributed by atoms with Crippen molar-refractivity contribution in [2.24, 2.45) is 0 Å². The first-order valence-electron chi connectivity index (χ1n) is 11.2. The monoisotopic (exact) mass is 475 g/mol. The second-order valence-electron chi connectivity index (χ2n) is 8.74. The normalized spacial score (nSPS) is 17.5. The van der Waals surface area contributed by atoms with Crippen molar-refractivity contribution in [3.05, 3.63) is 76.8 Å². The lowest BCUT2D eigenvalue weighted by Gasteiger charge is -2.43. The van der Waals surface area contributed by atoms with Gasteiger partial charge in [-0.25, -0.2) is 10.5 Å². The molecular formula is C26H25N3O4S. The summed E-state index contributed by atoms with van der Waals surface area (Å²) in [6.45, 7) is 2.48. The van der Waals surface area contributed by atoms with Crippen LogP contribution < -0.4 is 10.2 Å². The molecular weight excluding hydrogens is 450 g/mol. The number of carbonyl (C=O) groups excluding carboxylic acids is 2. The van der Waals surface area contributed by atoms with Gasteiger partial charge < -0.3 is 4.74 Å². The van der Waals surface area contributed by atoms with Gasteiger partial charge in [0, 0.05) is 49.5 Å². The maximum atomic E-state index is 13.0. The SMILES string of the molecule is O=C(C=Cc1ccc2c(c1)C(=O)CC1(CCN(Cc3csc(-c4ccccc4)n3)CC1)O2)NO. The van der Waals surface area contributed by atoms with Crippen LogP contribution in [-0.2, 0) is 11.3 Å².